The maximum Gasteiger partial charge on any atom is 0.325 e. The Morgan fingerprint density at radius 1 is 1.44 bits per heavy atom. The number of urea groups is 1. The molecular formula is C11H13BrN2O4. The van der Waals surface area contributed by atoms with Gasteiger partial charge >= 0.3 is 12.0 Å². The van der Waals surface area contributed by atoms with Gasteiger partial charge in [-0.25, -0.2) is 4.79 Å². The summed E-state index contributed by atoms with van der Waals surface area (Å²) in [6.07, 6.45) is 0. The van der Waals surface area contributed by atoms with Crippen molar-refractivity contribution in [1.29, 1.82) is 0 Å². The lowest BCUT2D eigenvalue weighted by Gasteiger charge is -2.13. The molecule has 0 fully saturated rings. The first-order valence-corrected chi connectivity index (χ1v) is 5.87. The van der Waals surface area contributed by atoms with E-state index in [0.29, 0.717) is 11.4 Å². The van der Waals surface area contributed by atoms with E-state index in [1.807, 2.05) is 0 Å². The summed E-state index contributed by atoms with van der Waals surface area (Å²) in [5.41, 5.74) is 0.446. The summed E-state index contributed by atoms with van der Waals surface area (Å²) in [6.45, 7) is 1.38. The van der Waals surface area contributed by atoms with Gasteiger partial charge in [0.2, 0.25) is 0 Å². The Labute approximate surface area is 112 Å². The third-order valence-corrected chi connectivity index (χ3v) is 2.62. The second-order valence-corrected chi connectivity index (χ2v) is 4.42. The van der Waals surface area contributed by atoms with E-state index in [0.717, 1.165) is 4.47 Å². The SMILES string of the molecule is COc1ccc(Br)cc1NC(=O)NC(C)C(=O)O. The molecule has 0 saturated heterocycles. The van der Waals surface area contributed by atoms with Crippen LogP contribution in [0.15, 0.2) is 22.7 Å². The molecule has 2 amide bonds. The number of hydrogen-bond donors (Lipinski definition) is 3. The first kappa shape index (κ1) is 14.3. The number of carboxylic acids is 1. The molecule has 0 spiro atoms. The van der Waals surface area contributed by atoms with Crippen molar-refractivity contribution in [3.63, 3.8) is 0 Å². The summed E-state index contributed by atoms with van der Waals surface area (Å²) in [6, 6.07) is 3.52. The van der Waals surface area contributed by atoms with Crippen LogP contribution in [0, 0.1) is 0 Å². The average molecular weight is 317 g/mol. The molecule has 98 valence electrons. The van der Waals surface area contributed by atoms with Crippen LogP contribution in [0.25, 0.3) is 0 Å². The molecule has 7 heteroatoms. The Morgan fingerprint density at radius 3 is 2.67 bits per heavy atom. The normalized spacial score (nSPS) is 11.5. The zero-order chi connectivity index (χ0) is 13.7. The molecule has 1 rings (SSSR count). The van der Waals surface area contributed by atoms with Gasteiger partial charge in [-0.15, -0.1) is 0 Å². The third-order valence-electron chi connectivity index (χ3n) is 2.13. The number of amides is 2. The minimum absolute atomic E-state index is 0.446. The number of anilines is 1. The van der Waals surface area contributed by atoms with Crippen LogP contribution in [0.5, 0.6) is 5.75 Å². The third kappa shape index (κ3) is 3.92. The average Bonchev–Trinajstić information content (AvgIpc) is 2.28. The molecule has 18 heavy (non-hydrogen) atoms. The van der Waals surface area contributed by atoms with Gasteiger partial charge in [0.05, 0.1) is 12.8 Å². The second-order valence-electron chi connectivity index (χ2n) is 3.50. The number of methoxy groups -OCH3 is 1. The molecule has 6 nitrogen and oxygen atoms in total. The van der Waals surface area contributed by atoms with Crippen LogP contribution in [0.1, 0.15) is 6.92 Å². The number of aliphatic carboxylic acids is 1. The highest BCUT2D eigenvalue weighted by Crippen LogP contribution is 2.27. The summed E-state index contributed by atoms with van der Waals surface area (Å²) >= 11 is 3.27. The molecule has 0 radical (unpaired) electrons. The van der Waals surface area contributed by atoms with Crippen molar-refractivity contribution in [2.24, 2.45) is 0 Å². The van der Waals surface area contributed by atoms with E-state index in [1.54, 1.807) is 18.2 Å². The maximum atomic E-state index is 11.6. The van der Waals surface area contributed by atoms with Crippen molar-refractivity contribution in [1.82, 2.24) is 5.32 Å². The zero-order valence-corrected chi connectivity index (χ0v) is 11.4. The molecule has 0 aliphatic heterocycles. The molecule has 1 aromatic carbocycles. The highest BCUT2D eigenvalue weighted by Gasteiger charge is 2.15. The van der Waals surface area contributed by atoms with Crippen LogP contribution in [-0.2, 0) is 4.79 Å². The summed E-state index contributed by atoms with van der Waals surface area (Å²) in [7, 11) is 1.48. The van der Waals surface area contributed by atoms with Crippen LogP contribution >= 0.6 is 15.9 Å². The van der Waals surface area contributed by atoms with E-state index in [-0.39, 0.29) is 0 Å². The monoisotopic (exact) mass is 316 g/mol. The van der Waals surface area contributed by atoms with E-state index in [2.05, 4.69) is 26.6 Å². The molecule has 1 aromatic rings. The van der Waals surface area contributed by atoms with E-state index in [4.69, 9.17) is 9.84 Å². The predicted molar refractivity (Wildman–Crippen MR) is 69.9 cm³/mol. The number of halogens is 1. The summed E-state index contributed by atoms with van der Waals surface area (Å²) < 4.78 is 5.84. The second kappa shape index (κ2) is 6.25. The van der Waals surface area contributed by atoms with Crippen molar-refractivity contribution in [2.75, 3.05) is 12.4 Å². The van der Waals surface area contributed by atoms with E-state index in [9.17, 15) is 9.59 Å². The number of nitrogens with one attached hydrogen (secondary N) is 2. The lowest BCUT2D eigenvalue weighted by molar-refractivity contribution is -0.138. The van der Waals surface area contributed by atoms with Gasteiger partial charge in [-0.3, -0.25) is 4.79 Å². The Bertz CT molecular complexity index is 464. The molecule has 0 aliphatic rings. The maximum absolute atomic E-state index is 11.6. The molecule has 0 aliphatic carbocycles. The van der Waals surface area contributed by atoms with E-state index in [1.165, 1.54) is 14.0 Å². The van der Waals surface area contributed by atoms with Gasteiger partial charge < -0.3 is 20.5 Å². The summed E-state index contributed by atoms with van der Waals surface area (Å²) in [5, 5.41) is 13.5. The van der Waals surface area contributed by atoms with E-state index < -0.39 is 18.0 Å². The van der Waals surface area contributed by atoms with Gasteiger partial charge in [0, 0.05) is 4.47 Å². The Morgan fingerprint density at radius 2 is 2.11 bits per heavy atom. The van der Waals surface area contributed by atoms with Crippen molar-refractivity contribution in [3.8, 4) is 5.75 Å². The van der Waals surface area contributed by atoms with Crippen molar-refractivity contribution in [2.45, 2.75) is 13.0 Å². The van der Waals surface area contributed by atoms with Crippen LogP contribution < -0.4 is 15.4 Å². The van der Waals surface area contributed by atoms with Gasteiger partial charge in [0.1, 0.15) is 11.8 Å². The molecule has 0 bridgehead atoms. The molecule has 3 N–H and O–H groups in total. The van der Waals surface area contributed by atoms with Crippen LogP contribution in [-0.4, -0.2) is 30.3 Å². The van der Waals surface area contributed by atoms with Crippen molar-refractivity contribution in [3.05, 3.63) is 22.7 Å². The first-order chi connectivity index (χ1) is 8.43. The standard InChI is InChI=1S/C11H13BrN2O4/c1-6(10(15)16)13-11(17)14-8-5-7(12)3-4-9(8)18-2/h3-6H,1-2H3,(H,15,16)(H2,13,14,17). The van der Waals surface area contributed by atoms with Crippen LogP contribution in [0.4, 0.5) is 10.5 Å². The summed E-state index contributed by atoms with van der Waals surface area (Å²) in [4.78, 5) is 22.1. The van der Waals surface area contributed by atoms with Gasteiger partial charge in [-0.05, 0) is 25.1 Å². The number of carbonyl (C=O) groups is 2. The number of carboxylic acid groups (broad SMARTS) is 1. The predicted octanol–water partition coefficient (Wildman–Crippen LogP) is 2.05. The zero-order valence-electron chi connectivity index (χ0n) is 9.86. The number of benzene rings is 1. The van der Waals surface area contributed by atoms with Crippen molar-refractivity contribution < 1.29 is 19.4 Å². The van der Waals surface area contributed by atoms with Crippen LogP contribution in [0.3, 0.4) is 0 Å². The van der Waals surface area contributed by atoms with Crippen molar-refractivity contribution >= 4 is 33.6 Å². The minimum Gasteiger partial charge on any atom is -0.495 e. The Kier molecular flexibility index (Phi) is 4.96. The lowest BCUT2D eigenvalue weighted by Crippen LogP contribution is -2.40. The van der Waals surface area contributed by atoms with Crippen LogP contribution in [0.2, 0.25) is 0 Å². The first-order valence-electron chi connectivity index (χ1n) is 5.08. The fourth-order valence-corrected chi connectivity index (χ4v) is 1.56. The molecule has 1 unspecified atom stereocenters. The Balaban J connectivity index is 2.75. The quantitative estimate of drug-likeness (QED) is 0.793. The van der Waals surface area contributed by atoms with Gasteiger partial charge in [-0.2, -0.15) is 0 Å². The van der Waals surface area contributed by atoms with Gasteiger partial charge in [0.25, 0.3) is 0 Å². The fourth-order valence-electron chi connectivity index (χ4n) is 1.19. The van der Waals surface area contributed by atoms with Gasteiger partial charge in [-0.1, -0.05) is 15.9 Å². The molecule has 0 saturated carbocycles. The Hall–Kier alpha value is -1.76. The molecule has 1 atom stereocenters. The summed E-state index contributed by atoms with van der Waals surface area (Å²) in [5.74, 6) is -0.623. The van der Waals surface area contributed by atoms with E-state index >= 15 is 0 Å². The van der Waals surface area contributed by atoms with Gasteiger partial charge in [0.15, 0.2) is 0 Å². The smallest absolute Gasteiger partial charge is 0.325 e. The number of hydrogen-bond acceptors (Lipinski definition) is 3. The topological polar surface area (TPSA) is 87.7 Å². The largest absolute Gasteiger partial charge is 0.495 e. The number of ether oxygens (including phenoxy) is 1. The highest BCUT2D eigenvalue weighted by molar-refractivity contribution is 9.10. The molecular weight excluding hydrogens is 304 g/mol. The lowest BCUT2D eigenvalue weighted by atomic mass is 10.3. The molecule has 0 aromatic heterocycles. The highest BCUT2D eigenvalue weighted by atomic mass is 79.9. The number of rotatable bonds is 4. The number of carbonyl (C=O) groups excluding carboxylic acids is 1. The molecule has 0 heterocycles. The fraction of sp³-hybridized carbons (Fsp3) is 0.273. The minimum atomic E-state index is -1.11.